The van der Waals surface area contributed by atoms with Crippen molar-refractivity contribution in [2.45, 2.75) is 12.5 Å². The maximum absolute atomic E-state index is 5.70. The Labute approximate surface area is 174 Å². The number of benzene rings is 2. The number of rotatable bonds is 4. The quantitative estimate of drug-likeness (QED) is 0.358. The van der Waals surface area contributed by atoms with E-state index in [2.05, 4.69) is 65.5 Å². The summed E-state index contributed by atoms with van der Waals surface area (Å²) in [5.41, 5.74) is 3.10. The number of hydrogen-bond donors (Lipinski definition) is 0. The number of halogens is 2. The van der Waals surface area contributed by atoms with Gasteiger partial charge in [0.25, 0.3) is 0 Å². The van der Waals surface area contributed by atoms with Crippen LogP contribution < -0.4 is 14.4 Å². The number of anilines is 2. The van der Waals surface area contributed by atoms with Crippen molar-refractivity contribution >= 4 is 60.9 Å². The zero-order valence-corrected chi connectivity index (χ0v) is 18.1. The van der Waals surface area contributed by atoms with Crippen LogP contribution >= 0.6 is 38.5 Å². The largest absolute Gasteiger partial charge is 0.493 e. The molecule has 0 radical (unpaired) electrons. The fraction of sp³-hybridized carbons (Fsp3) is 0.263. The highest BCUT2D eigenvalue weighted by molar-refractivity contribution is 14.1. The summed E-state index contributed by atoms with van der Waals surface area (Å²) in [6.45, 7) is 0. The van der Waals surface area contributed by atoms with E-state index in [4.69, 9.17) is 9.47 Å². The van der Waals surface area contributed by atoms with Crippen LogP contribution in [-0.2, 0) is 6.42 Å². The van der Waals surface area contributed by atoms with Crippen molar-refractivity contribution in [3.63, 3.8) is 0 Å². The summed E-state index contributed by atoms with van der Waals surface area (Å²) in [5.74, 6) is 2.40. The predicted molar refractivity (Wildman–Crippen MR) is 115 cm³/mol. The van der Waals surface area contributed by atoms with Crippen LogP contribution in [-0.4, -0.2) is 34.7 Å². The van der Waals surface area contributed by atoms with E-state index in [-0.39, 0.29) is 6.04 Å². The average molecular weight is 526 g/mol. The molecule has 1 atom stereocenters. The van der Waals surface area contributed by atoms with Gasteiger partial charge in [-0.3, -0.25) is 0 Å². The van der Waals surface area contributed by atoms with E-state index in [0.717, 1.165) is 49.0 Å². The molecule has 1 aliphatic rings. The maximum Gasteiger partial charge on any atom is 0.164 e. The molecule has 0 saturated carbocycles. The molecule has 0 amide bonds. The number of hydrogen-bond acceptors (Lipinski definition) is 5. The Hall–Kier alpha value is -1.61. The molecule has 1 aromatic heterocycles. The molecule has 0 fully saturated rings. The minimum Gasteiger partial charge on any atom is -0.493 e. The van der Waals surface area contributed by atoms with Crippen molar-refractivity contribution in [3.05, 3.63) is 46.7 Å². The summed E-state index contributed by atoms with van der Waals surface area (Å²) in [4.78, 5) is 11.4. The van der Waals surface area contributed by atoms with Gasteiger partial charge in [-0.05, 0) is 24.6 Å². The topological polar surface area (TPSA) is 47.5 Å². The van der Waals surface area contributed by atoms with E-state index < -0.39 is 0 Å². The number of nitrogens with zero attached hydrogens (tertiary/aromatic N) is 3. The van der Waals surface area contributed by atoms with Crippen molar-refractivity contribution in [3.8, 4) is 11.5 Å². The fourth-order valence-corrected chi connectivity index (χ4v) is 4.67. The summed E-state index contributed by atoms with van der Waals surface area (Å²) < 4.78 is 13.2. The van der Waals surface area contributed by atoms with Crippen LogP contribution in [0.5, 0.6) is 11.5 Å². The summed E-state index contributed by atoms with van der Waals surface area (Å²) in [7, 11) is 3.34. The van der Waals surface area contributed by atoms with Crippen LogP contribution in [0, 0.1) is 0 Å². The maximum atomic E-state index is 5.70. The third-order valence-corrected chi connectivity index (χ3v) is 6.16. The average Bonchev–Trinajstić information content (AvgIpc) is 2.67. The van der Waals surface area contributed by atoms with E-state index in [1.807, 2.05) is 18.2 Å². The molecule has 0 saturated heterocycles. The van der Waals surface area contributed by atoms with Crippen molar-refractivity contribution in [2.75, 3.05) is 23.5 Å². The van der Waals surface area contributed by atoms with Crippen LogP contribution in [0.25, 0.3) is 10.9 Å². The normalized spacial score (nSPS) is 16.0. The highest BCUT2D eigenvalue weighted by Crippen LogP contribution is 2.46. The van der Waals surface area contributed by atoms with E-state index in [1.54, 1.807) is 20.5 Å². The van der Waals surface area contributed by atoms with Crippen LogP contribution in [0.15, 0.2) is 41.1 Å². The molecule has 0 bridgehead atoms. The number of ether oxygens (including phenoxy) is 2. The summed E-state index contributed by atoms with van der Waals surface area (Å²) in [6, 6.07) is 10.5. The standard InChI is InChI=1S/C19H17BrIN3O2/c1-25-16-8-15-17-14(18(16)26-2)7-13(9-21)24(19(17)23-10-22-15)12-5-3-4-11(20)6-12/h3-6,8,10,13H,7,9H2,1-2H3. The first-order valence-corrected chi connectivity index (χ1v) is 10.5. The molecule has 4 rings (SSSR count). The number of methoxy groups -OCH3 is 2. The van der Waals surface area contributed by atoms with Gasteiger partial charge in [0.2, 0.25) is 0 Å². The Bertz CT molecular complexity index is 982. The molecule has 0 aliphatic carbocycles. The van der Waals surface area contributed by atoms with Crippen LogP contribution in [0.1, 0.15) is 5.56 Å². The van der Waals surface area contributed by atoms with E-state index in [1.165, 1.54) is 0 Å². The lowest BCUT2D eigenvalue weighted by atomic mass is 9.94. The van der Waals surface area contributed by atoms with Gasteiger partial charge in [-0.1, -0.05) is 44.6 Å². The predicted octanol–water partition coefficient (Wildman–Crippen LogP) is 4.91. The second kappa shape index (κ2) is 7.19. The van der Waals surface area contributed by atoms with Gasteiger partial charge in [0.05, 0.1) is 25.1 Å². The highest BCUT2D eigenvalue weighted by atomic mass is 127. The monoisotopic (exact) mass is 525 g/mol. The van der Waals surface area contributed by atoms with Gasteiger partial charge in [0.15, 0.2) is 11.5 Å². The van der Waals surface area contributed by atoms with E-state index in [0.29, 0.717) is 5.75 Å². The minimum absolute atomic E-state index is 0.261. The van der Waals surface area contributed by atoms with E-state index in [9.17, 15) is 0 Å². The smallest absolute Gasteiger partial charge is 0.164 e. The van der Waals surface area contributed by atoms with Crippen molar-refractivity contribution in [1.29, 1.82) is 0 Å². The van der Waals surface area contributed by atoms with Crippen molar-refractivity contribution in [2.24, 2.45) is 0 Å². The second-order valence-electron chi connectivity index (χ2n) is 6.04. The molecule has 0 N–H and O–H groups in total. The number of alkyl halides is 1. The number of aromatic nitrogens is 2. The first-order chi connectivity index (χ1) is 12.7. The molecule has 5 nitrogen and oxygen atoms in total. The van der Waals surface area contributed by atoms with Gasteiger partial charge in [0.1, 0.15) is 12.1 Å². The summed E-state index contributed by atoms with van der Waals surface area (Å²) >= 11 is 6.02. The molecular formula is C19H17BrIN3O2. The molecule has 1 aliphatic heterocycles. The van der Waals surface area contributed by atoms with Gasteiger partial charge < -0.3 is 14.4 Å². The Morgan fingerprint density at radius 3 is 2.77 bits per heavy atom. The Balaban J connectivity index is 2.03. The molecule has 7 heteroatoms. The second-order valence-corrected chi connectivity index (χ2v) is 7.84. The zero-order chi connectivity index (χ0) is 18.3. The van der Waals surface area contributed by atoms with Crippen molar-refractivity contribution < 1.29 is 9.47 Å². The molecule has 2 heterocycles. The molecule has 0 spiro atoms. The first-order valence-electron chi connectivity index (χ1n) is 8.17. The van der Waals surface area contributed by atoms with Crippen molar-refractivity contribution in [1.82, 2.24) is 9.97 Å². The Kier molecular flexibility index (Phi) is 4.92. The first kappa shape index (κ1) is 17.8. The molecule has 26 heavy (non-hydrogen) atoms. The lowest BCUT2D eigenvalue weighted by Crippen LogP contribution is -2.38. The van der Waals surface area contributed by atoms with Crippen LogP contribution in [0.3, 0.4) is 0 Å². The summed E-state index contributed by atoms with van der Waals surface area (Å²) in [6.07, 6.45) is 2.46. The molecule has 1 unspecified atom stereocenters. The Morgan fingerprint density at radius 1 is 1.23 bits per heavy atom. The molecule has 2 aromatic carbocycles. The van der Waals surface area contributed by atoms with Crippen LogP contribution in [0.2, 0.25) is 0 Å². The molecule has 3 aromatic rings. The highest BCUT2D eigenvalue weighted by Gasteiger charge is 2.33. The zero-order valence-electron chi connectivity index (χ0n) is 14.4. The van der Waals surface area contributed by atoms with E-state index >= 15 is 0 Å². The minimum atomic E-state index is 0.261. The lowest BCUT2D eigenvalue weighted by Gasteiger charge is -2.37. The third-order valence-electron chi connectivity index (χ3n) is 4.65. The van der Waals surface area contributed by atoms with Gasteiger partial charge in [-0.2, -0.15) is 0 Å². The van der Waals surface area contributed by atoms with Gasteiger partial charge in [-0.15, -0.1) is 0 Å². The lowest BCUT2D eigenvalue weighted by molar-refractivity contribution is 0.351. The third kappa shape index (κ3) is 2.81. The SMILES string of the molecule is COc1cc2ncnc3c2c(c1OC)CC(CI)N3c1cccc(Br)c1. The molecular weight excluding hydrogens is 509 g/mol. The van der Waals surface area contributed by atoms with Gasteiger partial charge >= 0.3 is 0 Å². The van der Waals surface area contributed by atoms with Crippen LogP contribution in [0.4, 0.5) is 11.5 Å². The Morgan fingerprint density at radius 2 is 2.08 bits per heavy atom. The van der Waals surface area contributed by atoms with Gasteiger partial charge in [-0.25, -0.2) is 9.97 Å². The fourth-order valence-electron chi connectivity index (χ4n) is 3.58. The van der Waals surface area contributed by atoms with Gasteiger partial charge in [0, 0.05) is 32.3 Å². The molecule has 134 valence electrons. The summed E-state index contributed by atoms with van der Waals surface area (Å²) in [5, 5.41) is 1.03.